The summed E-state index contributed by atoms with van der Waals surface area (Å²) >= 11 is 0. The molecule has 21 heavy (non-hydrogen) atoms. The van der Waals surface area contributed by atoms with Gasteiger partial charge in [0.15, 0.2) is 0 Å². The highest BCUT2D eigenvalue weighted by Gasteiger charge is 2.41. The summed E-state index contributed by atoms with van der Waals surface area (Å²) in [5.41, 5.74) is 0.424. The van der Waals surface area contributed by atoms with Gasteiger partial charge in [-0.05, 0) is 25.2 Å². The van der Waals surface area contributed by atoms with Crippen molar-refractivity contribution in [2.24, 2.45) is 5.92 Å². The van der Waals surface area contributed by atoms with E-state index in [1.807, 2.05) is 0 Å². The first-order chi connectivity index (χ1) is 10.2. The van der Waals surface area contributed by atoms with Gasteiger partial charge < -0.3 is 10.1 Å². The van der Waals surface area contributed by atoms with Crippen LogP contribution in [0, 0.1) is 5.92 Å². The van der Waals surface area contributed by atoms with Crippen molar-refractivity contribution in [3.63, 3.8) is 0 Å². The molecule has 1 saturated carbocycles. The molecular weight excluding hydrogens is 260 g/mol. The molecule has 1 aliphatic carbocycles. The summed E-state index contributed by atoms with van der Waals surface area (Å²) in [6, 6.07) is 0.691. The molecule has 0 aromatic carbocycles. The number of ether oxygens (including phenoxy) is 1. The van der Waals surface area contributed by atoms with E-state index in [-0.39, 0.29) is 0 Å². The van der Waals surface area contributed by atoms with Crippen molar-refractivity contribution in [3.05, 3.63) is 0 Å². The van der Waals surface area contributed by atoms with Crippen LogP contribution in [0.1, 0.15) is 65.7 Å². The Bertz CT molecular complexity index is 289. The lowest BCUT2D eigenvalue weighted by molar-refractivity contribution is 0.0221. The van der Waals surface area contributed by atoms with Gasteiger partial charge in [-0.15, -0.1) is 0 Å². The summed E-state index contributed by atoms with van der Waals surface area (Å²) in [4.78, 5) is 2.74. The molecule has 1 heterocycles. The first-order valence-electron chi connectivity index (χ1n) is 9.27. The summed E-state index contributed by atoms with van der Waals surface area (Å²) in [7, 11) is 0. The average Bonchev–Trinajstić information content (AvgIpc) is 2.94. The topological polar surface area (TPSA) is 24.5 Å². The highest BCUT2D eigenvalue weighted by molar-refractivity contribution is 5.01. The Balaban J connectivity index is 1.86. The van der Waals surface area contributed by atoms with E-state index < -0.39 is 0 Å². The van der Waals surface area contributed by atoms with Gasteiger partial charge in [0.05, 0.1) is 6.61 Å². The highest BCUT2D eigenvalue weighted by atomic mass is 16.5. The molecular formula is C18H36N2O. The molecule has 2 fully saturated rings. The first kappa shape index (κ1) is 17.2. The van der Waals surface area contributed by atoms with Gasteiger partial charge in [-0.3, -0.25) is 4.90 Å². The van der Waals surface area contributed by atoms with Gasteiger partial charge in [-0.1, -0.05) is 46.5 Å². The minimum Gasteiger partial charge on any atom is -0.380 e. The zero-order valence-corrected chi connectivity index (χ0v) is 14.5. The number of nitrogens with one attached hydrogen (secondary N) is 1. The molecule has 0 aromatic rings. The summed E-state index contributed by atoms with van der Waals surface area (Å²) in [6.07, 6.45) is 9.24. The van der Waals surface area contributed by atoms with Gasteiger partial charge in [0.25, 0.3) is 0 Å². The Kier molecular flexibility index (Phi) is 6.97. The number of rotatable bonds is 8. The summed E-state index contributed by atoms with van der Waals surface area (Å²) in [5.74, 6) is 0.770. The second kappa shape index (κ2) is 8.50. The van der Waals surface area contributed by atoms with Crippen LogP contribution in [0.3, 0.4) is 0 Å². The Morgan fingerprint density at radius 2 is 2.00 bits per heavy atom. The normalized spacial score (nSPS) is 27.3. The summed E-state index contributed by atoms with van der Waals surface area (Å²) in [6.45, 7) is 12.3. The Labute approximate surface area is 131 Å². The van der Waals surface area contributed by atoms with Gasteiger partial charge in [0.1, 0.15) is 0 Å². The van der Waals surface area contributed by atoms with Gasteiger partial charge in [0.2, 0.25) is 0 Å². The van der Waals surface area contributed by atoms with E-state index >= 15 is 0 Å². The number of piperazine rings is 1. The molecule has 3 nitrogen and oxygen atoms in total. The van der Waals surface area contributed by atoms with Gasteiger partial charge in [-0.25, -0.2) is 0 Å². The molecule has 1 spiro atoms. The van der Waals surface area contributed by atoms with E-state index in [2.05, 4.69) is 31.0 Å². The molecule has 2 rings (SSSR count). The van der Waals surface area contributed by atoms with Crippen LogP contribution in [0.4, 0.5) is 0 Å². The smallest absolute Gasteiger partial charge is 0.0593 e. The van der Waals surface area contributed by atoms with Crippen molar-refractivity contribution in [3.8, 4) is 0 Å². The van der Waals surface area contributed by atoms with Gasteiger partial charge in [0, 0.05) is 37.8 Å². The molecule has 3 heteroatoms. The van der Waals surface area contributed by atoms with Crippen molar-refractivity contribution in [2.75, 3.05) is 32.8 Å². The maximum atomic E-state index is 5.83. The lowest BCUT2D eigenvalue weighted by Gasteiger charge is -2.48. The van der Waals surface area contributed by atoms with Crippen molar-refractivity contribution in [1.29, 1.82) is 0 Å². The first-order valence-corrected chi connectivity index (χ1v) is 9.27. The Morgan fingerprint density at radius 1 is 1.24 bits per heavy atom. The van der Waals surface area contributed by atoms with E-state index in [0.29, 0.717) is 11.6 Å². The standard InChI is InChI=1S/C18H36N2O/c1-4-6-12-21-13-11-20-15-18(9-7-8-10-18)19-14-17(20)16(3)5-2/h16-17,19H,4-15H2,1-3H3. The molecule has 0 bridgehead atoms. The lowest BCUT2D eigenvalue weighted by Crippen LogP contribution is -2.64. The van der Waals surface area contributed by atoms with Crippen LogP contribution in [0.5, 0.6) is 0 Å². The van der Waals surface area contributed by atoms with Crippen LogP contribution in [0.15, 0.2) is 0 Å². The molecule has 0 aromatic heterocycles. The van der Waals surface area contributed by atoms with Crippen LogP contribution in [0.25, 0.3) is 0 Å². The SMILES string of the molecule is CCCCOCCN1CC2(CCCC2)NCC1C(C)CC. The number of hydrogen-bond donors (Lipinski definition) is 1. The zero-order chi connectivity index (χ0) is 15.1. The van der Waals surface area contributed by atoms with Gasteiger partial charge in [-0.2, -0.15) is 0 Å². The third-order valence-electron chi connectivity index (χ3n) is 5.69. The highest BCUT2D eigenvalue weighted by Crippen LogP contribution is 2.34. The third kappa shape index (κ3) is 4.67. The van der Waals surface area contributed by atoms with Crippen LogP contribution < -0.4 is 5.32 Å². The van der Waals surface area contributed by atoms with Crippen LogP contribution in [-0.4, -0.2) is 49.3 Å². The quantitative estimate of drug-likeness (QED) is 0.695. The maximum Gasteiger partial charge on any atom is 0.0593 e. The second-order valence-electron chi connectivity index (χ2n) is 7.26. The van der Waals surface area contributed by atoms with Crippen molar-refractivity contribution in [2.45, 2.75) is 77.3 Å². The van der Waals surface area contributed by atoms with Crippen LogP contribution >= 0.6 is 0 Å². The summed E-state index contributed by atoms with van der Waals surface area (Å²) in [5, 5.41) is 3.92. The van der Waals surface area contributed by atoms with Crippen LogP contribution in [-0.2, 0) is 4.74 Å². The molecule has 2 unspecified atom stereocenters. The van der Waals surface area contributed by atoms with Crippen molar-refractivity contribution >= 4 is 0 Å². The molecule has 124 valence electrons. The summed E-state index contributed by atoms with van der Waals surface area (Å²) < 4.78 is 5.83. The van der Waals surface area contributed by atoms with E-state index in [4.69, 9.17) is 4.74 Å². The molecule has 0 amide bonds. The Hall–Kier alpha value is -0.120. The van der Waals surface area contributed by atoms with Crippen molar-refractivity contribution in [1.82, 2.24) is 10.2 Å². The number of hydrogen-bond acceptors (Lipinski definition) is 3. The fourth-order valence-electron chi connectivity index (χ4n) is 4.01. The molecule has 1 aliphatic heterocycles. The fraction of sp³-hybridized carbons (Fsp3) is 1.00. The molecule has 1 saturated heterocycles. The monoisotopic (exact) mass is 296 g/mol. The fourth-order valence-corrected chi connectivity index (χ4v) is 4.01. The second-order valence-corrected chi connectivity index (χ2v) is 7.26. The van der Waals surface area contributed by atoms with E-state index in [1.165, 1.54) is 58.0 Å². The molecule has 2 aliphatic rings. The predicted molar refractivity (Wildman–Crippen MR) is 89.7 cm³/mol. The minimum absolute atomic E-state index is 0.424. The lowest BCUT2D eigenvalue weighted by atomic mass is 9.87. The zero-order valence-electron chi connectivity index (χ0n) is 14.5. The molecule has 2 atom stereocenters. The molecule has 0 radical (unpaired) electrons. The average molecular weight is 296 g/mol. The Morgan fingerprint density at radius 3 is 2.67 bits per heavy atom. The van der Waals surface area contributed by atoms with E-state index in [9.17, 15) is 0 Å². The largest absolute Gasteiger partial charge is 0.380 e. The number of unbranched alkanes of at least 4 members (excludes halogenated alkanes) is 1. The third-order valence-corrected chi connectivity index (χ3v) is 5.69. The molecule has 1 N–H and O–H groups in total. The minimum atomic E-state index is 0.424. The number of nitrogens with zero attached hydrogens (tertiary/aromatic N) is 1. The van der Waals surface area contributed by atoms with Crippen molar-refractivity contribution < 1.29 is 4.74 Å². The predicted octanol–water partition coefficient (Wildman–Crippen LogP) is 3.44. The van der Waals surface area contributed by atoms with E-state index in [0.717, 1.165) is 25.7 Å². The maximum absolute atomic E-state index is 5.83. The van der Waals surface area contributed by atoms with E-state index in [1.54, 1.807) is 0 Å². The van der Waals surface area contributed by atoms with Crippen LogP contribution in [0.2, 0.25) is 0 Å². The van der Waals surface area contributed by atoms with Gasteiger partial charge >= 0.3 is 0 Å².